The molecule has 5 heteroatoms. The van der Waals surface area contributed by atoms with Crippen LogP contribution in [0.15, 0.2) is 35.0 Å². The average Bonchev–Trinajstić information content (AvgIpc) is 2.87. The summed E-state index contributed by atoms with van der Waals surface area (Å²) < 4.78 is 13.4. The smallest absolute Gasteiger partial charge is 0.127 e. The zero-order chi connectivity index (χ0) is 13.0. The molecular weight excluding hydrogens is 273 g/mol. The number of hydrogen-bond acceptors (Lipinski definition) is 3. The van der Waals surface area contributed by atoms with Gasteiger partial charge in [-0.05, 0) is 40.6 Å². The Hall–Kier alpha value is -0.940. The standard InChI is InChI=1S/C13H13ClFNOS/c14-11-1-2-12(15)10(5-11)6-16-7-13(17)9-3-4-18-8-9/h1-5,8,13,16-17H,6-7H2. The van der Waals surface area contributed by atoms with Gasteiger partial charge >= 0.3 is 0 Å². The van der Waals surface area contributed by atoms with Crippen molar-refractivity contribution < 1.29 is 9.50 Å². The molecular formula is C13H13ClFNOS. The highest BCUT2D eigenvalue weighted by atomic mass is 35.5. The summed E-state index contributed by atoms with van der Waals surface area (Å²) in [6.07, 6.45) is -0.571. The van der Waals surface area contributed by atoms with Crippen molar-refractivity contribution in [1.29, 1.82) is 0 Å². The van der Waals surface area contributed by atoms with Gasteiger partial charge < -0.3 is 10.4 Å². The van der Waals surface area contributed by atoms with Crippen molar-refractivity contribution in [3.63, 3.8) is 0 Å². The molecule has 0 aliphatic carbocycles. The van der Waals surface area contributed by atoms with Gasteiger partial charge in [0.15, 0.2) is 0 Å². The van der Waals surface area contributed by atoms with E-state index in [1.54, 1.807) is 6.07 Å². The van der Waals surface area contributed by atoms with Gasteiger partial charge in [0.25, 0.3) is 0 Å². The van der Waals surface area contributed by atoms with Gasteiger partial charge in [-0.25, -0.2) is 4.39 Å². The summed E-state index contributed by atoms with van der Waals surface area (Å²) in [6, 6.07) is 6.31. The summed E-state index contributed by atoms with van der Waals surface area (Å²) in [5.41, 5.74) is 1.37. The number of halogens is 2. The lowest BCUT2D eigenvalue weighted by Gasteiger charge is -2.11. The van der Waals surface area contributed by atoms with Crippen LogP contribution in [-0.4, -0.2) is 11.7 Å². The Bertz CT molecular complexity index is 504. The molecule has 0 radical (unpaired) electrons. The van der Waals surface area contributed by atoms with Crippen molar-refractivity contribution in [1.82, 2.24) is 5.32 Å². The molecule has 1 aromatic heterocycles. The van der Waals surface area contributed by atoms with E-state index < -0.39 is 6.10 Å². The maximum absolute atomic E-state index is 13.4. The largest absolute Gasteiger partial charge is 0.387 e. The van der Waals surface area contributed by atoms with E-state index in [0.717, 1.165) is 5.56 Å². The first-order chi connectivity index (χ1) is 8.66. The summed E-state index contributed by atoms with van der Waals surface area (Å²) in [7, 11) is 0. The Kier molecular flexibility index (Phi) is 4.72. The average molecular weight is 286 g/mol. The highest BCUT2D eigenvalue weighted by Crippen LogP contribution is 2.17. The lowest BCUT2D eigenvalue weighted by molar-refractivity contribution is 0.174. The fourth-order valence-corrected chi connectivity index (χ4v) is 2.51. The van der Waals surface area contributed by atoms with Crippen molar-refractivity contribution in [2.24, 2.45) is 0 Å². The van der Waals surface area contributed by atoms with Crippen molar-refractivity contribution in [3.8, 4) is 0 Å². The fourth-order valence-electron chi connectivity index (χ4n) is 1.60. The topological polar surface area (TPSA) is 32.3 Å². The summed E-state index contributed by atoms with van der Waals surface area (Å²) in [4.78, 5) is 0. The van der Waals surface area contributed by atoms with Gasteiger partial charge in [-0.1, -0.05) is 11.6 Å². The number of hydrogen-bond donors (Lipinski definition) is 2. The predicted octanol–water partition coefficient (Wildman–Crippen LogP) is 3.36. The van der Waals surface area contributed by atoms with Crippen LogP contribution in [0.4, 0.5) is 4.39 Å². The number of aliphatic hydroxyl groups is 1. The molecule has 0 spiro atoms. The van der Waals surface area contributed by atoms with Crippen molar-refractivity contribution in [2.75, 3.05) is 6.54 Å². The first-order valence-electron chi connectivity index (χ1n) is 5.51. The Morgan fingerprint density at radius 1 is 1.39 bits per heavy atom. The minimum absolute atomic E-state index is 0.295. The zero-order valence-electron chi connectivity index (χ0n) is 9.57. The number of rotatable bonds is 5. The number of thiophene rings is 1. The monoisotopic (exact) mass is 285 g/mol. The molecule has 0 bridgehead atoms. The molecule has 96 valence electrons. The molecule has 0 fully saturated rings. The molecule has 0 saturated carbocycles. The quantitative estimate of drug-likeness (QED) is 0.883. The molecule has 2 rings (SSSR count). The van der Waals surface area contributed by atoms with Gasteiger partial charge in [0, 0.05) is 23.7 Å². The van der Waals surface area contributed by atoms with Crippen LogP contribution >= 0.6 is 22.9 Å². The normalized spacial score (nSPS) is 12.6. The third-order valence-corrected chi connectivity index (χ3v) is 3.53. The first-order valence-corrected chi connectivity index (χ1v) is 6.83. The molecule has 2 N–H and O–H groups in total. The predicted molar refractivity (Wildman–Crippen MR) is 72.4 cm³/mol. The van der Waals surface area contributed by atoms with Crippen molar-refractivity contribution >= 4 is 22.9 Å². The van der Waals surface area contributed by atoms with Crippen LogP contribution in [0.1, 0.15) is 17.2 Å². The molecule has 1 atom stereocenters. The minimum atomic E-state index is -0.571. The van der Waals surface area contributed by atoms with E-state index >= 15 is 0 Å². The summed E-state index contributed by atoms with van der Waals surface area (Å²) >= 11 is 7.33. The van der Waals surface area contributed by atoms with Crippen molar-refractivity contribution in [2.45, 2.75) is 12.6 Å². The van der Waals surface area contributed by atoms with E-state index in [1.807, 2.05) is 16.8 Å². The van der Waals surface area contributed by atoms with Gasteiger partial charge in [-0.3, -0.25) is 0 Å². The maximum atomic E-state index is 13.4. The van der Waals surface area contributed by atoms with E-state index in [2.05, 4.69) is 5.32 Å². The number of aliphatic hydroxyl groups excluding tert-OH is 1. The third kappa shape index (κ3) is 3.53. The van der Waals surface area contributed by atoms with Crippen molar-refractivity contribution in [3.05, 3.63) is 57.0 Å². The lowest BCUT2D eigenvalue weighted by Crippen LogP contribution is -2.21. The highest BCUT2D eigenvalue weighted by molar-refractivity contribution is 7.07. The van der Waals surface area contributed by atoms with Crippen LogP contribution in [0, 0.1) is 5.82 Å². The van der Waals surface area contributed by atoms with Gasteiger partial charge in [-0.2, -0.15) is 11.3 Å². The minimum Gasteiger partial charge on any atom is -0.387 e. The second kappa shape index (κ2) is 6.29. The summed E-state index contributed by atoms with van der Waals surface area (Å²) in [6.45, 7) is 0.719. The number of benzene rings is 1. The third-order valence-electron chi connectivity index (χ3n) is 2.59. The van der Waals surface area contributed by atoms with Crippen LogP contribution in [0.2, 0.25) is 5.02 Å². The van der Waals surface area contributed by atoms with E-state index in [9.17, 15) is 9.50 Å². The molecule has 1 unspecified atom stereocenters. The van der Waals surface area contributed by atoms with Crippen LogP contribution in [0.5, 0.6) is 0 Å². The molecule has 2 nitrogen and oxygen atoms in total. The van der Waals surface area contributed by atoms with Crippen LogP contribution < -0.4 is 5.32 Å². The maximum Gasteiger partial charge on any atom is 0.127 e. The Labute approximate surface area is 114 Å². The SMILES string of the molecule is OC(CNCc1cc(Cl)ccc1F)c1ccsc1. The Morgan fingerprint density at radius 2 is 2.22 bits per heavy atom. The molecule has 0 amide bonds. The molecule has 2 aromatic rings. The lowest BCUT2D eigenvalue weighted by atomic mass is 10.2. The fraction of sp³-hybridized carbons (Fsp3) is 0.231. The molecule has 0 aliphatic heterocycles. The van der Waals surface area contributed by atoms with E-state index in [-0.39, 0.29) is 5.82 Å². The first kappa shape index (κ1) is 13.5. The summed E-state index contributed by atoms with van der Waals surface area (Å²) in [5, 5.41) is 17.2. The molecule has 0 saturated heterocycles. The van der Waals surface area contributed by atoms with Gasteiger partial charge in [0.05, 0.1) is 6.10 Å². The number of nitrogens with one attached hydrogen (secondary N) is 1. The van der Waals surface area contributed by atoms with E-state index in [0.29, 0.717) is 23.7 Å². The molecule has 18 heavy (non-hydrogen) atoms. The van der Waals surface area contributed by atoms with E-state index in [4.69, 9.17) is 11.6 Å². The van der Waals surface area contributed by atoms with Crippen LogP contribution in [0.25, 0.3) is 0 Å². The van der Waals surface area contributed by atoms with Crippen LogP contribution in [0.3, 0.4) is 0 Å². The molecule has 1 aromatic carbocycles. The molecule has 0 aliphatic rings. The second-order valence-electron chi connectivity index (χ2n) is 3.94. The second-order valence-corrected chi connectivity index (χ2v) is 5.16. The van der Waals surface area contributed by atoms with Gasteiger partial charge in [0.1, 0.15) is 5.82 Å². The van der Waals surface area contributed by atoms with Gasteiger partial charge in [0.2, 0.25) is 0 Å². The van der Waals surface area contributed by atoms with E-state index in [1.165, 1.54) is 23.5 Å². The Balaban J connectivity index is 1.87. The van der Waals surface area contributed by atoms with Gasteiger partial charge in [-0.15, -0.1) is 0 Å². The molecule has 1 heterocycles. The Morgan fingerprint density at radius 3 is 2.94 bits per heavy atom. The summed E-state index contributed by atoms with van der Waals surface area (Å²) in [5.74, 6) is -0.295. The highest BCUT2D eigenvalue weighted by Gasteiger charge is 2.08. The zero-order valence-corrected chi connectivity index (χ0v) is 11.1. The van der Waals surface area contributed by atoms with Crippen LogP contribution in [-0.2, 0) is 6.54 Å².